The van der Waals surface area contributed by atoms with E-state index in [4.69, 9.17) is 0 Å². The van der Waals surface area contributed by atoms with Crippen LogP contribution in [0.2, 0.25) is 0 Å². The van der Waals surface area contributed by atoms with E-state index in [1.165, 1.54) is 0 Å². The number of nitrogens with one attached hydrogen (secondary N) is 1. The van der Waals surface area contributed by atoms with Gasteiger partial charge in [0.05, 0.1) is 12.5 Å². The molecule has 1 heterocycles. The van der Waals surface area contributed by atoms with Crippen molar-refractivity contribution in [3.05, 3.63) is 22.4 Å². The van der Waals surface area contributed by atoms with E-state index in [0.29, 0.717) is 12.8 Å². The molecule has 1 amide bonds. The molecule has 0 saturated heterocycles. The maximum atomic E-state index is 13.2. The molecule has 0 aliphatic heterocycles. The van der Waals surface area contributed by atoms with Crippen LogP contribution in [0.1, 0.15) is 24.8 Å². The number of amides is 1. The van der Waals surface area contributed by atoms with Gasteiger partial charge >= 0.3 is 0 Å². The van der Waals surface area contributed by atoms with Gasteiger partial charge in [-0.25, -0.2) is 4.39 Å². The summed E-state index contributed by atoms with van der Waals surface area (Å²) in [4.78, 5) is 11.5. The van der Waals surface area contributed by atoms with E-state index in [-0.39, 0.29) is 11.9 Å². The Kier molecular flexibility index (Phi) is 3.36. The summed E-state index contributed by atoms with van der Waals surface area (Å²) in [5.41, 5.74) is 1.01. The van der Waals surface area contributed by atoms with Gasteiger partial charge in [-0.05, 0) is 41.7 Å². The van der Waals surface area contributed by atoms with Crippen molar-refractivity contribution in [2.45, 2.75) is 37.9 Å². The van der Waals surface area contributed by atoms with Gasteiger partial charge in [0, 0.05) is 0 Å². The number of alkyl halides is 1. The third-order valence-corrected chi connectivity index (χ3v) is 3.45. The number of halogens is 1. The largest absolute Gasteiger partial charge is 0.350 e. The highest BCUT2D eigenvalue weighted by atomic mass is 32.1. The molecule has 1 aromatic heterocycles. The molecular weight excluding hydrogens is 213 g/mol. The smallest absolute Gasteiger partial charge is 0.224 e. The molecule has 0 radical (unpaired) electrons. The molecule has 0 bridgehead atoms. The minimum atomic E-state index is -0.851. The van der Waals surface area contributed by atoms with Crippen molar-refractivity contribution in [3.8, 4) is 0 Å². The van der Waals surface area contributed by atoms with Crippen LogP contribution in [0.25, 0.3) is 0 Å². The average molecular weight is 227 g/mol. The predicted molar refractivity (Wildman–Crippen MR) is 58.7 cm³/mol. The molecule has 1 aliphatic carbocycles. The molecule has 4 heteroatoms. The summed E-state index contributed by atoms with van der Waals surface area (Å²) >= 11 is 1.57. The number of carbonyl (C=O) groups is 1. The zero-order valence-electron chi connectivity index (χ0n) is 8.41. The Morgan fingerprint density at radius 2 is 2.47 bits per heavy atom. The molecular formula is C11H14FNOS. The molecule has 15 heavy (non-hydrogen) atoms. The van der Waals surface area contributed by atoms with Crippen LogP contribution in [0.5, 0.6) is 0 Å². The monoisotopic (exact) mass is 227 g/mol. The van der Waals surface area contributed by atoms with E-state index in [2.05, 4.69) is 5.32 Å². The van der Waals surface area contributed by atoms with Crippen molar-refractivity contribution in [3.63, 3.8) is 0 Å². The lowest BCUT2D eigenvalue weighted by Crippen LogP contribution is -2.39. The zero-order valence-corrected chi connectivity index (χ0v) is 9.23. The Balaban J connectivity index is 1.82. The van der Waals surface area contributed by atoms with Crippen LogP contribution >= 0.6 is 11.3 Å². The second kappa shape index (κ2) is 4.75. The van der Waals surface area contributed by atoms with E-state index in [0.717, 1.165) is 18.4 Å². The lowest BCUT2D eigenvalue weighted by Gasteiger charge is -2.14. The topological polar surface area (TPSA) is 29.1 Å². The summed E-state index contributed by atoms with van der Waals surface area (Å²) in [6.07, 6.45) is 1.76. The van der Waals surface area contributed by atoms with Crippen LogP contribution in [0.3, 0.4) is 0 Å². The fourth-order valence-electron chi connectivity index (χ4n) is 1.91. The molecule has 2 nitrogen and oxygen atoms in total. The first-order valence-electron chi connectivity index (χ1n) is 5.20. The molecule has 2 rings (SSSR count). The lowest BCUT2D eigenvalue weighted by atomic mass is 10.2. The van der Waals surface area contributed by atoms with Crippen LogP contribution < -0.4 is 5.32 Å². The van der Waals surface area contributed by atoms with Gasteiger partial charge in [-0.2, -0.15) is 11.3 Å². The first-order chi connectivity index (χ1) is 7.25. The first kappa shape index (κ1) is 10.6. The van der Waals surface area contributed by atoms with Crippen LogP contribution in [0.4, 0.5) is 4.39 Å². The highest BCUT2D eigenvalue weighted by Crippen LogP contribution is 2.22. The second-order valence-corrected chi connectivity index (χ2v) is 4.71. The number of hydrogen-bond donors (Lipinski definition) is 1. The van der Waals surface area contributed by atoms with Gasteiger partial charge < -0.3 is 5.32 Å². The highest BCUT2D eigenvalue weighted by Gasteiger charge is 2.27. The first-order valence-corrected chi connectivity index (χ1v) is 6.14. The van der Waals surface area contributed by atoms with E-state index < -0.39 is 6.17 Å². The van der Waals surface area contributed by atoms with Gasteiger partial charge in [0.1, 0.15) is 6.17 Å². The Labute approximate surface area is 92.5 Å². The number of carbonyl (C=O) groups excluding carboxylic acids is 1. The van der Waals surface area contributed by atoms with E-state index >= 15 is 0 Å². The van der Waals surface area contributed by atoms with Gasteiger partial charge in [0.15, 0.2) is 0 Å². The molecule has 1 saturated carbocycles. The Hall–Kier alpha value is -0.900. The Morgan fingerprint density at radius 1 is 1.60 bits per heavy atom. The quantitative estimate of drug-likeness (QED) is 0.843. The van der Waals surface area contributed by atoms with Gasteiger partial charge in [-0.15, -0.1) is 0 Å². The average Bonchev–Trinajstić information content (AvgIpc) is 2.79. The van der Waals surface area contributed by atoms with E-state index in [1.54, 1.807) is 11.3 Å². The number of hydrogen-bond acceptors (Lipinski definition) is 2. The second-order valence-electron chi connectivity index (χ2n) is 3.93. The van der Waals surface area contributed by atoms with Gasteiger partial charge in [0.25, 0.3) is 0 Å². The summed E-state index contributed by atoms with van der Waals surface area (Å²) in [5.74, 6) is -0.0667. The minimum absolute atomic E-state index is 0.0667. The van der Waals surface area contributed by atoms with Crippen molar-refractivity contribution < 1.29 is 9.18 Å². The van der Waals surface area contributed by atoms with Crippen molar-refractivity contribution in [1.82, 2.24) is 5.32 Å². The fraction of sp³-hybridized carbons (Fsp3) is 0.545. The molecule has 1 aliphatic rings. The molecule has 82 valence electrons. The summed E-state index contributed by atoms with van der Waals surface area (Å²) < 4.78 is 13.2. The van der Waals surface area contributed by atoms with Gasteiger partial charge in [-0.3, -0.25) is 4.79 Å². The van der Waals surface area contributed by atoms with Crippen LogP contribution in [-0.4, -0.2) is 18.1 Å². The van der Waals surface area contributed by atoms with E-state index in [9.17, 15) is 9.18 Å². The summed E-state index contributed by atoms with van der Waals surface area (Å²) in [6.45, 7) is 0. The Bertz CT molecular complexity index is 325. The maximum Gasteiger partial charge on any atom is 0.224 e. The highest BCUT2D eigenvalue weighted by molar-refractivity contribution is 7.07. The van der Waals surface area contributed by atoms with Crippen LogP contribution in [0, 0.1) is 0 Å². The third kappa shape index (κ3) is 2.78. The summed E-state index contributed by atoms with van der Waals surface area (Å²) in [7, 11) is 0. The molecule has 0 spiro atoms. The molecule has 2 atom stereocenters. The Morgan fingerprint density at radius 3 is 3.07 bits per heavy atom. The molecule has 1 N–H and O–H groups in total. The van der Waals surface area contributed by atoms with Crippen molar-refractivity contribution >= 4 is 17.2 Å². The SMILES string of the molecule is O=C(Cc1ccsc1)N[C@H]1CCC[C@H]1F. The van der Waals surface area contributed by atoms with Crippen LogP contribution in [-0.2, 0) is 11.2 Å². The maximum absolute atomic E-state index is 13.2. The van der Waals surface area contributed by atoms with Crippen molar-refractivity contribution in [2.75, 3.05) is 0 Å². The number of thiophene rings is 1. The summed E-state index contributed by atoms with van der Waals surface area (Å²) in [6, 6.07) is 1.67. The zero-order chi connectivity index (χ0) is 10.7. The summed E-state index contributed by atoms with van der Waals surface area (Å²) in [5, 5.41) is 6.64. The molecule has 1 aromatic rings. The van der Waals surface area contributed by atoms with Crippen molar-refractivity contribution in [2.24, 2.45) is 0 Å². The molecule has 0 unspecified atom stereocenters. The molecule has 0 aromatic carbocycles. The normalized spacial score (nSPS) is 25.4. The standard InChI is InChI=1S/C11H14FNOS/c12-9-2-1-3-10(9)13-11(14)6-8-4-5-15-7-8/h4-5,7,9-10H,1-3,6H2,(H,13,14)/t9-,10+/m1/s1. The fourth-order valence-corrected chi connectivity index (χ4v) is 2.58. The lowest BCUT2D eigenvalue weighted by molar-refractivity contribution is -0.121. The predicted octanol–water partition coefficient (Wildman–Crippen LogP) is 2.30. The number of rotatable bonds is 3. The van der Waals surface area contributed by atoms with Gasteiger partial charge in [-0.1, -0.05) is 0 Å². The minimum Gasteiger partial charge on any atom is -0.350 e. The molecule has 1 fully saturated rings. The van der Waals surface area contributed by atoms with Gasteiger partial charge in [0.2, 0.25) is 5.91 Å². The van der Waals surface area contributed by atoms with Crippen LogP contribution in [0.15, 0.2) is 16.8 Å². The van der Waals surface area contributed by atoms with Crippen molar-refractivity contribution in [1.29, 1.82) is 0 Å². The van der Waals surface area contributed by atoms with E-state index in [1.807, 2.05) is 16.8 Å². The third-order valence-electron chi connectivity index (χ3n) is 2.72.